The normalized spacial score (nSPS) is 11.4. The van der Waals surface area contributed by atoms with Crippen molar-refractivity contribution in [2.24, 2.45) is 0 Å². The molecule has 7 heteroatoms. The van der Waals surface area contributed by atoms with Gasteiger partial charge in [-0.25, -0.2) is 4.79 Å². The Balaban J connectivity index is 2.52. The van der Waals surface area contributed by atoms with Gasteiger partial charge in [-0.05, 0) is 38.3 Å². The van der Waals surface area contributed by atoms with Crippen LogP contribution in [0.25, 0.3) is 0 Å². The second-order valence-electron chi connectivity index (χ2n) is 5.02. The Morgan fingerprint density at radius 3 is 2.45 bits per heavy atom. The van der Waals surface area contributed by atoms with Crippen molar-refractivity contribution < 1.29 is 14.7 Å². The summed E-state index contributed by atoms with van der Waals surface area (Å²) >= 11 is 13.1. The maximum Gasteiger partial charge on any atom is 0.329 e. The Kier molecular flexibility index (Phi) is 5.86. The number of carbonyl (C=O) groups is 2. The molecule has 112 valence electrons. The molecule has 1 aromatic rings. The molecule has 1 aromatic heterocycles. The molecule has 0 atom stereocenters. The predicted molar refractivity (Wildman–Crippen MR) is 81.8 cm³/mol. The van der Waals surface area contributed by atoms with E-state index in [1.54, 1.807) is 6.07 Å². The molecule has 20 heavy (non-hydrogen) atoms. The summed E-state index contributed by atoms with van der Waals surface area (Å²) in [5.74, 6) is -1.23. The minimum Gasteiger partial charge on any atom is -0.480 e. The Hall–Kier alpha value is -0.780. The number of thiophene rings is 1. The maximum absolute atomic E-state index is 12.0. The lowest BCUT2D eigenvalue weighted by Gasteiger charge is -2.31. The van der Waals surface area contributed by atoms with Gasteiger partial charge in [0.1, 0.15) is 5.54 Å². The van der Waals surface area contributed by atoms with E-state index in [4.69, 9.17) is 28.3 Å². The molecule has 0 aromatic carbocycles. The lowest BCUT2D eigenvalue weighted by molar-refractivity contribution is -0.155. The second-order valence-corrected chi connectivity index (χ2v) is 7.31. The first-order valence-electron chi connectivity index (χ1n) is 6.10. The summed E-state index contributed by atoms with van der Waals surface area (Å²) in [6.07, 6.45) is 1.53. The number of carboxylic acids is 1. The van der Waals surface area contributed by atoms with Crippen LogP contribution < -0.4 is 0 Å². The van der Waals surface area contributed by atoms with Gasteiger partial charge >= 0.3 is 5.97 Å². The molecule has 0 radical (unpaired) electrons. The predicted octanol–water partition coefficient (Wildman–Crippen LogP) is 3.70. The molecule has 0 bridgehead atoms. The minimum absolute atomic E-state index is 0.199. The average molecular weight is 338 g/mol. The van der Waals surface area contributed by atoms with Crippen LogP contribution in [0.2, 0.25) is 8.67 Å². The zero-order valence-electron chi connectivity index (χ0n) is 11.6. The summed E-state index contributed by atoms with van der Waals surface area (Å²) in [7, 11) is 1.50. The average Bonchev–Trinajstić information content (AvgIpc) is 2.66. The summed E-state index contributed by atoms with van der Waals surface area (Å²) in [4.78, 5) is 24.3. The quantitative estimate of drug-likeness (QED) is 0.860. The van der Waals surface area contributed by atoms with Gasteiger partial charge in [0.15, 0.2) is 0 Å². The zero-order chi connectivity index (χ0) is 15.5. The molecule has 1 amide bonds. The van der Waals surface area contributed by atoms with Gasteiger partial charge in [-0.15, -0.1) is 11.3 Å². The van der Waals surface area contributed by atoms with Gasteiger partial charge in [0.05, 0.1) is 8.67 Å². The number of rotatable bonds is 6. The van der Waals surface area contributed by atoms with Gasteiger partial charge in [0.25, 0.3) is 0 Å². The van der Waals surface area contributed by atoms with Crippen molar-refractivity contribution in [1.29, 1.82) is 0 Å². The molecule has 0 unspecified atom stereocenters. The van der Waals surface area contributed by atoms with Gasteiger partial charge in [0, 0.05) is 13.5 Å². The van der Waals surface area contributed by atoms with Gasteiger partial charge in [0.2, 0.25) is 5.91 Å². The largest absolute Gasteiger partial charge is 0.480 e. The Labute approximate surface area is 132 Å². The van der Waals surface area contributed by atoms with Crippen LogP contribution in [0.4, 0.5) is 0 Å². The van der Waals surface area contributed by atoms with E-state index in [1.807, 2.05) is 0 Å². The van der Waals surface area contributed by atoms with Crippen molar-refractivity contribution in [2.45, 2.75) is 38.6 Å². The highest BCUT2D eigenvalue weighted by molar-refractivity contribution is 7.20. The van der Waals surface area contributed by atoms with Crippen molar-refractivity contribution in [1.82, 2.24) is 4.90 Å². The van der Waals surface area contributed by atoms with E-state index in [0.717, 1.165) is 5.56 Å². The number of hydrogen-bond acceptors (Lipinski definition) is 3. The number of nitrogens with zero attached hydrogens (tertiary/aromatic N) is 1. The molecule has 0 saturated heterocycles. The third-order valence-corrected chi connectivity index (χ3v) is 4.87. The second kappa shape index (κ2) is 6.78. The van der Waals surface area contributed by atoms with Gasteiger partial charge < -0.3 is 10.0 Å². The van der Waals surface area contributed by atoms with Crippen LogP contribution in [0.15, 0.2) is 6.07 Å². The van der Waals surface area contributed by atoms with Crippen LogP contribution >= 0.6 is 34.5 Å². The molecular weight excluding hydrogens is 321 g/mol. The molecule has 0 saturated carbocycles. The molecule has 1 N–H and O–H groups in total. The molecule has 0 aliphatic heterocycles. The lowest BCUT2D eigenvalue weighted by Crippen LogP contribution is -2.50. The SMILES string of the molecule is CN(C(=O)CCCc1cc(Cl)sc1Cl)C(C)(C)C(=O)O. The fourth-order valence-electron chi connectivity index (χ4n) is 1.60. The highest BCUT2D eigenvalue weighted by atomic mass is 35.5. The number of aliphatic carboxylic acids is 1. The number of carboxylic acid groups (broad SMARTS) is 1. The third kappa shape index (κ3) is 4.11. The Morgan fingerprint density at radius 1 is 1.40 bits per heavy atom. The van der Waals surface area contributed by atoms with Crippen LogP contribution in [0.1, 0.15) is 32.3 Å². The highest BCUT2D eigenvalue weighted by Crippen LogP contribution is 2.32. The van der Waals surface area contributed by atoms with E-state index >= 15 is 0 Å². The highest BCUT2D eigenvalue weighted by Gasteiger charge is 2.34. The topological polar surface area (TPSA) is 57.6 Å². The number of carbonyl (C=O) groups excluding carboxylic acids is 1. The number of aryl methyl sites for hydroxylation is 1. The summed E-state index contributed by atoms with van der Waals surface area (Å²) in [6.45, 7) is 3.01. The van der Waals surface area contributed by atoms with Crippen molar-refractivity contribution in [3.8, 4) is 0 Å². The van der Waals surface area contributed by atoms with E-state index < -0.39 is 11.5 Å². The van der Waals surface area contributed by atoms with Crippen molar-refractivity contribution in [3.63, 3.8) is 0 Å². The molecule has 0 fully saturated rings. The number of likely N-dealkylation sites (N-methyl/N-ethyl adjacent to an activating group) is 1. The fourth-order valence-corrected chi connectivity index (χ4v) is 3.14. The van der Waals surface area contributed by atoms with Gasteiger partial charge in [-0.1, -0.05) is 23.2 Å². The van der Waals surface area contributed by atoms with Crippen LogP contribution in [0, 0.1) is 0 Å². The van der Waals surface area contributed by atoms with E-state index in [9.17, 15) is 9.59 Å². The smallest absolute Gasteiger partial charge is 0.329 e. The van der Waals surface area contributed by atoms with Crippen LogP contribution in [0.5, 0.6) is 0 Å². The zero-order valence-corrected chi connectivity index (χ0v) is 13.9. The minimum atomic E-state index is -1.21. The number of halogens is 2. The summed E-state index contributed by atoms with van der Waals surface area (Å²) in [5.41, 5.74) is -0.282. The summed E-state index contributed by atoms with van der Waals surface area (Å²) in [5, 5.41) is 9.08. The monoisotopic (exact) mass is 337 g/mol. The summed E-state index contributed by atoms with van der Waals surface area (Å²) in [6, 6.07) is 1.80. The van der Waals surface area contributed by atoms with Crippen molar-refractivity contribution in [3.05, 3.63) is 20.3 Å². The molecule has 0 spiro atoms. The number of hydrogen-bond donors (Lipinski definition) is 1. The van der Waals surface area contributed by atoms with E-state index in [2.05, 4.69) is 0 Å². The lowest BCUT2D eigenvalue weighted by atomic mass is 10.0. The molecule has 0 aliphatic rings. The summed E-state index contributed by atoms with van der Waals surface area (Å²) < 4.78 is 1.27. The van der Waals surface area contributed by atoms with Crippen molar-refractivity contribution in [2.75, 3.05) is 7.05 Å². The Morgan fingerprint density at radius 2 is 2.00 bits per heavy atom. The molecule has 1 heterocycles. The fraction of sp³-hybridized carbons (Fsp3) is 0.538. The van der Waals surface area contributed by atoms with Crippen LogP contribution in [-0.4, -0.2) is 34.5 Å². The van der Waals surface area contributed by atoms with E-state index in [1.165, 1.54) is 37.1 Å². The van der Waals surface area contributed by atoms with E-state index in [-0.39, 0.29) is 12.3 Å². The first-order chi connectivity index (χ1) is 9.16. The van der Waals surface area contributed by atoms with Crippen LogP contribution in [0.3, 0.4) is 0 Å². The van der Waals surface area contributed by atoms with Crippen LogP contribution in [-0.2, 0) is 16.0 Å². The molecule has 0 aliphatic carbocycles. The van der Waals surface area contributed by atoms with Crippen molar-refractivity contribution >= 4 is 46.4 Å². The first-order valence-corrected chi connectivity index (χ1v) is 7.67. The van der Waals surface area contributed by atoms with E-state index in [0.29, 0.717) is 21.5 Å². The Bertz CT molecular complexity index is 514. The third-order valence-electron chi connectivity index (χ3n) is 3.30. The molecule has 4 nitrogen and oxygen atoms in total. The van der Waals surface area contributed by atoms with Gasteiger partial charge in [-0.3, -0.25) is 4.79 Å². The number of amides is 1. The standard InChI is InChI=1S/C13H17Cl2NO3S/c1-13(2,12(18)19)16(3)10(17)6-4-5-8-7-9(14)20-11(8)15/h7H,4-6H2,1-3H3,(H,18,19). The molecular formula is C13H17Cl2NO3S. The van der Waals surface area contributed by atoms with Gasteiger partial charge in [-0.2, -0.15) is 0 Å². The first kappa shape index (κ1) is 17.3. The maximum atomic E-state index is 12.0. The molecule has 1 rings (SSSR count).